The van der Waals surface area contributed by atoms with Crippen molar-refractivity contribution in [2.45, 2.75) is 0 Å². The summed E-state index contributed by atoms with van der Waals surface area (Å²) in [6, 6.07) is 0. The summed E-state index contributed by atoms with van der Waals surface area (Å²) in [5, 5.41) is 2.46. The quantitative estimate of drug-likeness (QED) is 0.552. The molecule has 70 valence electrons. The van der Waals surface area contributed by atoms with Gasteiger partial charge in [0.15, 0.2) is 0 Å². The van der Waals surface area contributed by atoms with Crippen molar-refractivity contribution >= 4 is 6.09 Å². The third-order valence-corrected chi connectivity index (χ3v) is 1.35. The number of alkyl carbamates (subject to hydrolysis) is 1. The van der Waals surface area contributed by atoms with Gasteiger partial charge in [-0.15, -0.1) is 0 Å². The Labute approximate surface area is 71.0 Å². The van der Waals surface area contributed by atoms with E-state index in [2.05, 4.69) is 10.1 Å². The summed E-state index contributed by atoms with van der Waals surface area (Å²) in [4.78, 5) is 9.91. The van der Waals surface area contributed by atoms with Gasteiger partial charge in [0.05, 0.1) is 33.0 Å². The Morgan fingerprint density at radius 2 is 1.58 bits per heavy atom. The van der Waals surface area contributed by atoms with Crippen LogP contribution in [0.5, 0.6) is 0 Å². The van der Waals surface area contributed by atoms with Crippen molar-refractivity contribution in [2.75, 3.05) is 39.6 Å². The number of amides is 1. The van der Waals surface area contributed by atoms with Crippen molar-refractivity contribution < 1.29 is 19.0 Å². The third kappa shape index (κ3) is 4.15. The molecule has 5 nitrogen and oxygen atoms in total. The van der Waals surface area contributed by atoms with Crippen molar-refractivity contribution in [3.8, 4) is 0 Å². The minimum Gasteiger partial charge on any atom is -0.448 e. The van der Waals surface area contributed by atoms with Gasteiger partial charge in [-0.2, -0.15) is 0 Å². The molecular formula is C7H13NO4. The Morgan fingerprint density at radius 1 is 1.00 bits per heavy atom. The number of ether oxygens (including phenoxy) is 3. The second-order valence-electron chi connectivity index (χ2n) is 2.29. The summed E-state index contributed by atoms with van der Waals surface area (Å²) in [5.74, 6) is 0. The van der Waals surface area contributed by atoms with Crippen LogP contribution in [0.15, 0.2) is 0 Å². The van der Waals surface area contributed by atoms with E-state index in [0.717, 1.165) is 26.4 Å². The maximum absolute atomic E-state index is 9.91. The molecule has 1 N–H and O–H groups in total. The Balaban J connectivity index is 0.000000120. The van der Waals surface area contributed by atoms with E-state index in [-0.39, 0.29) is 6.09 Å². The first-order valence-electron chi connectivity index (χ1n) is 3.96. The van der Waals surface area contributed by atoms with Crippen LogP contribution in [0.25, 0.3) is 0 Å². The number of carbonyl (C=O) groups is 1. The smallest absolute Gasteiger partial charge is 0.407 e. The van der Waals surface area contributed by atoms with Crippen molar-refractivity contribution in [3.63, 3.8) is 0 Å². The lowest BCUT2D eigenvalue weighted by atomic mass is 10.6. The molecule has 0 bridgehead atoms. The Kier molecular flexibility index (Phi) is 4.48. The molecule has 0 unspecified atom stereocenters. The largest absolute Gasteiger partial charge is 0.448 e. The highest BCUT2D eigenvalue weighted by atomic mass is 16.6. The summed E-state index contributed by atoms with van der Waals surface area (Å²) in [5.41, 5.74) is 0. The predicted octanol–water partition coefficient (Wildman–Crippen LogP) is -0.241. The van der Waals surface area contributed by atoms with Crippen LogP contribution in [-0.2, 0) is 14.2 Å². The molecule has 0 aromatic heterocycles. The molecule has 0 spiro atoms. The highest BCUT2D eigenvalue weighted by molar-refractivity contribution is 5.68. The topological polar surface area (TPSA) is 56.8 Å². The highest BCUT2D eigenvalue weighted by Gasteiger charge is 2.06. The minimum atomic E-state index is -0.296. The van der Waals surface area contributed by atoms with Crippen LogP contribution >= 0.6 is 0 Å². The van der Waals surface area contributed by atoms with Crippen LogP contribution in [0.3, 0.4) is 0 Å². The van der Waals surface area contributed by atoms with Crippen LogP contribution in [-0.4, -0.2) is 45.7 Å². The summed E-state index contributed by atoms with van der Waals surface area (Å²) in [6.45, 7) is 4.30. The standard InChI is InChI=1S/C4H8O2.C3H5NO2/c1-2-6-4-3-5-1;5-3-4-1-2-6-3/h1-4H2;1-2H2,(H,4,5). The van der Waals surface area contributed by atoms with E-state index in [9.17, 15) is 4.79 Å². The Bertz CT molecular complexity index is 116. The van der Waals surface area contributed by atoms with Crippen molar-refractivity contribution in [3.05, 3.63) is 0 Å². The van der Waals surface area contributed by atoms with Crippen LogP contribution < -0.4 is 5.32 Å². The molecule has 0 aromatic carbocycles. The SMILES string of the molecule is C1COCCO1.O=C1NCCO1. The molecule has 2 rings (SSSR count). The lowest BCUT2D eigenvalue weighted by molar-refractivity contribution is -0.0334. The number of nitrogens with one attached hydrogen (secondary N) is 1. The first-order valence-corrected chi connectivity index (χ1v) is 3.96. The van der Waals surface area contributed by atoms with Crippen LogP contribution in [0, 0.1) is 0 Å². The van der Waals surface area contributed by atoms with Gasteiger partial charge in [0.2, 0.25) is 0 Å². The van der Waals surface area contributed by atoms with Gasteiger partial charge in [-0.25, -0.2) is 4.79 Å². The Morgan fingerprint density at radius 3 is 1.75 bits per heavy atom. The molecule has 2 aliphatic rings. The maximum atomic E-state index is 9.91. The van der Waals surface area contributed by atoms with Gasteiger partial charge >= 0.3 is 6.09 Å². The first kappa shape index (κ1) is 9.28. The molecule has 0 aliphatic carbocycles. The fraction of sp³-hybridized carbons (Fsp3) is 0.857. The first-order chi connectivity index (χ1) is 5.89. The molecule has 2 heterocycles. The van der Waals surface area contributed by atoms with E-state index in [1.165, 1.54) is 0 Å². The average Bonchev–Trinajstić information content (AvgIpc) is 2.60. The lowest BCUT2D eigenvalue weighted by Gasteiger charge is -2.09. The predicted molar refractivity (Wildman–Crippen MR) is 41.0 cm³/mol. The fourth-order valence-electron chi connectivity index (χ4n) is 0.788. The molecule has 2 fully saturated rings. The lowest BCUT2D eigenvalue weighted by Crippen LogP contribution is -2.16. The van der Waals surface area contributed by atoms with Crippen LogP contribution in [0.4, 0.5) is 4.79 Å². The molecule has 2 aliphatic heterocycles. The number of cyclic esters (lactones) is 1. The van der Waals surface area contributed by atoms with Crippen molar-refractivity contribution in [1.29, 1.82) is 0 Å². The van der Waals surface area contributed by atoms with Gasteiger partial charge in [0, 0.05) is 0 Å². The molecule has 1 amide bonds. The number of hydrogen-bond donors (Lipinski definition) is 1. The molecular weight excluding hydrogens is 162 g/mol. The van der Waals surface area contributed by atoms with E-state index >= 15 is 0 Å². The minimum absolute atomic E-state index is 0.296. The number of carbonyl (C=O) groups excluding carboxylic acids is 1. The second kappa shape index (κ2) is 5.79. The fourth-order valence-corrected chi connectivity index (χ4v) is 0.788. The van der Waals surface area contributed by atoms with Gasteiger partial charge in [0.25, 0.3) is 0 Å². The van der Waals surface area contributed by atoms with E-state index in [1.54, 1.807) is 0 Å². The van der Waals surface area contributed by atoms with Gasteiger partial charge in [0.1, 0.15) is 6.61 Å². The Hall–Kier alpha value is -0.810. The molecule has 0 radical (unpaired) electrons. The molecule has 0 aromatic rings. The zero-order chi connectivity index (χ0) is 8.65. The molecule has 0 saturated carbocycles. The van der Waals surface area contributed by atoms with E-state index in [0.29, 0.717) is 13.2 Å². The zero-order valence-corrected chi connectivity index (χ0v) is 6.88. The third-order valence-electron chi connectivity index (χ3n) is 1.35. The summed E-state index contributed by atoms with van der Waals surface area (Å²) >= 11 is 0. The molecule has 5 heteroatoms. The average molecular weight is 175 g/mol. The highest BCUT2D eigenvalue weighted by Crippen LogP contribution is 1.85. The van der Waals surface area contributed by atoms with Crippen molar-refractivity contribution in [1.82, 2.24) is 5.32 Å². The second-order valence-corrected chi connectivity index (χ2v) is 2.29. The van der Waals surface area contributed by atoms with Crippen LogP contribution in [0.2, 0.25) is 0 Å². The van der Waals surface area contributed by atoms with E-state index in [1.807, 2.05) is 0 Å². The summed E-state index contributed by atoms with van der Waals surface area (Å²) < 4.78 is 14.3. The monoisotopic (exact) mass is 175 g/mol. The van der Waals surface area contributed by atoms with E-state index < -0.39 is 0 Å². The maximum Gasteiger partial charge on any atom is 0.407 e. The van der Waals surface area contributed by atoms with Gasteiger partial charge in [-0.3, -0.25) is 0 Å². The number of rotatable bonds is 0. The summed E-state index contributed by atoms with van der Waals surface area (Å²) in [6.07, 6.45) is -0.296. The van der Waals surface area contributed by atoms with Crippen molar-refractivity contribution in [2.24, 2.45) is 0 Å². The molecule has 2 saturated heterocycles. The van der Waals surface area contributed by atoms with Gasteiger partial charge < -0.3 is 19.5 Å². The zero-order valence-electron chi connectivity index (χ0n) is 6.88. The summed E-state index contributed by atoms with van der Waals surface area (Å²) in [7, 11) is 0. The number of hydrogen-bond acceptors (Lipinski definition) is 4. The molecule has 12 heavy (non-hydrogen) atoms. The van der Waals surface area contributed by atoms with E-state index in [4.69, 9.17) is 9.47 Å². The van der Waals surface area contributed by atoms with Crippen LogP contribution in [0.1, 0.15) is 0 Å². The normalized spacial score (nSPS) is 21.8. The van der Waals surface area contributed by atoms with Gasteiger partial charge in [-0.1, -0.05) is 0 Å². The van der Waals surface area contributed by atoms with Gasteiger partial charge in [-0.05, 0) is 0 Å². The molecule has 0 atom stereocenters.